The summed E-state index contributed by atoms with van der Waals surface area (Å²) in [5.74, 6) is 0.676. The lowest BCUT2D eigenvalue weighted by Crippen LogP contribution is -2.55. The molecule has 0 unspecified atom stereocenters. The van der Waals surface area contributed by atoms with E-state index in [2.05, 4.69) is 5.32 Å². The monoisotopic (exact) mass is 356 g/mol. The van der Waals surface area contributed by atoms with E-state index < -0.39 is 0 Å². The zero-order valence-corrected chi connectivity index (χ0v) is 14.9. The molecule has 3 rings (SSSR count). The van der Waals surface area contributed by atoms with Gasteiger partial charge in [0, 0.05) is 11.3 Å². The maximum atomic E-state index is 12.3. The fraction of sp³-hybridized carbons (Fsp3) is 0.812. The van der Waals surface area contributed by atoms with Gasteiger partial charge in [0.15, 0.2) is 0 Å². The van der Waals surface area contributed by atoms with E-state index in [1.165, 1.54) is 30.6 Å². The molecule has 3 fully saturated rings. The molecule has 128 valence electrons. The number of nitrogens with zero attached hydrogens (tertiary/aromatic N) is 1. The smallest absolute Gasteiger partial charge is 0.289 e. The molecule has 0 aromatic carbocycles. The van der Waals surface area contributed by atoms with E-state index in [0.717, 1.165) is 37.4 Å². The molecule has 1 N–H and O–H groups in total. The van der Waals surface area contributed by atoms with Crippen molar-refractivity contribution in [1.82, 2.24) is 10.2 Å². The minimum Gasteiger partial charge on any atom is -0.351 e. The second-order valence-electron chi connectivity index (χ2n) is 6.56. The zero-order chi connectivity index (χ0) is 16.2. The maximum absolute atomic E-state index is 12.3. The summed E-state index contributed by atoms with van der Waals surface area (Å²) in [6.07, 6.45) is 8.71. The van der Waals surface area contributed by atoms with Crippen LogP contribution in [-0.2, 0) is 9.59 Å². The van der Waals surface area contributed by atoms with Crippen molar-refractivity contribution in [3.63, 3.8) is 0 Å². The Bertz CT molecular complexity index is 464. The van der Waals surface area contributed by atoms with Crippen LogP contribution in [0.25, 0.3) is 0 Å². The molecule has 1 saturated heterocycles. The van der Waals surface area contributed by atoms with Crippen LogP contribution in [0.15, 0.2) is 0 Å². The fourth-order valence-corrected chi connectivity index (χ4v) is 5.67. The number of hydrogen-bond donors (Lipinski definition) is 1. The second kappa shape index (κ2) is 7.92. The van der Waals surface area contributed by atoms with Gasteiger partial charge in [0.05, 0.1) is 17.5 Å². The number of hydrogen-bond acceptors (Lipinski definition) is 5. The summed E-state index contributed by atoms with van der Waals surface area (Å²) >= 11 is 2.83. The molecular formula is C16H24N2O3S2. The Morgan fingerprint density at radius 2 is 1.83 bits per heavy atom. The molecule has 7 heteroatoms. The molecule has 2 atom stereocenters. The van der Waals surface area contributed by atoms with Crippen LogP contribution in [0.1, 0.15) is 51.4 Å². The molecule has 2 aliphatic carbocycles. The van der Waals surface area contributed by atoms with E-state index in [-0.39, 0.29) is 34.9 Å². The maximum Gasteiger partial charge on any atom is 0.289 e. The number of carbonyl (C=O) groups is 3. The highest BCUT2D eigenvalue weighted by atomic mass is 32.2. The summed E-state index contributed by atoms with van der Waals surface area (Å²) in [5.41, 5.74) is 0. The first kappa shape index (κ1) is 17.1. The van der Waals surface area contributed by atoms with Gasteiger partial charge in [-0.25, -0.2) is 0 Å². The first-order valence-electron chi connectivity index (χ1n) is 8.55. The number of imide groups is 1. The Morgan fingerprint density at radius 1 is 1.13 bits per heavy atom. The average molecular weight is 357 g/mol. The van der Waals surface area contributed by atoms with Gasteiger partial charge in [-0.05, 0) is 25.7 Å². The van der Waals surface area contributed by atoms with E-state index >= 15 is 0 Å². The third-order valence-electron chi connectivity index (χ3n) is 4.94. The molecule has 0 radical (unpaired) electrons. The van der Waals surface area contributed by atoms with Crippen molar-refractivity contribution in [2.24, 2.45) is 0 Å². The van der Waals surface area contributed by atoms with Crippen LogP contribution in [0.3, 0.4) is 0 Å². The first-order valence-corrected chi connectivity index (χ1v) is 10.6. The summed E-state index contributed by atoms with van der Waals surface area (Å²) in [6, 6.07) is -0.230. The topological polar surface area (TPSA) is 66.5 Å². The molecule has 0 aromatic heterocycles. The first-order chi connectivity index (χ1) is 11.1. The van der Waals surface area contributed by atoms with Crippen LogP contribution >= 0.6 is 23.5 Å². The average Bonchev–Trinajstić information content (AvgIpc) is 3.17. The van der Waals surface area contributed by atoms with Gasteiger partial charge in [0.1, 0.15) is 0 Å². The highest BCUT2D eigenvalue weighted by Crippen LogP contribution is 2.31. The number of carbonyl (C=O) groups excluding carboxylic acids is 3. The quantitative estimate of drug-likeness (QED) is 0.820. The Morgan fingerprint density at radius 3 is 2.52 bits per heavy atom. The SMILES string of the molecule is O=C(CSC1CCCC1)N[C@H]1CCCC[C@H]1N1C(=O)CSC1=O. The zero-order valence-electron chi connectivity index (χ0n) is 13.3. The van der Waals surface area contributed by atoms with Gasteiger partial charge >= 0.3 is 0 Å². The number of thioether (sulfide) groups is 2. The fourth-order valence-electron chi connectivity index (χ4n) is 3.77. The third kappa shape index (κ3) is 4.24. The van der Waals surface area contributed by atoms with Gasteiger partial charge in [0.2, 0.25) is 11.8 Å². The number of rotatable bonds is 5. The van der Waals surface area contributed by atoms with Crippen molar-refractivity contribution in [3.05, 3.63) is 0 Å². The molecular weight excluding hydrogens is 332 g/mol. The van der Waals surface area contributed by atoms with Crippen LogP contribution in [-0.4, -0.2) is 50.8 Å². The summed E-state index contributed by atoms with van der Waals surface area (Å²) in [5, 5.41) is 3.57. The molecule has 3 amide bonds. The van der Waals surface area contributed by atoms with E-state index in [1.807, 2.05) is 0 Å². The molecule has 3 aliphatic rings. The predicted molar refractivity (Wildman–Crippen MR) is 93.6 cm³/mol. The Kier molecular flexibility index (Phi) is 5.91. The molecule has 0 aromatic rings. The highest BCUT2D eigenvalue weighted by molar-refractivity contribution is 8.14. The minimum absolute atomic E-state index is 0.0468. The van der Waals surface area contributed by atoms with Crippen molar-refractivity contribution in [3.8, 4) is 0 Å². The number of nitrogens with one attached hydrogen (secondary N) is 1. The lowest BCUT2D eigenvalue weighted by atomic mass is 9.89. The minimum atomic E-state index is -0.154. The van der Waals surface area contributed by atoms with Gasteiger partial charge in [-0.15, -0.1) is 11.8 Å². The molecule has 23 heavy (non-hydrogen) atoms. The van der Waals surface area contributed by atoms with Crippen molar-refractivity contribution < 1.29 is 14.4 Å². The van der Waals surface area contributed by atoms with Crippen molar-refractivity contribution >= 4 is 40.6 Å². The summed E-state index contributed by atoms with van der Waals surface area (Å²) < 4.78 is 0. The molecule has 1 heterocycles. The van der Waals surface area contributed by atoms with Crippen molar-refractivity contribution in [2.45, 2.75) is 68.7 Å². The Balaban J connectivity index is 1.54. The van der Waals surface area contributed by atoms with Crippen LogP contribution in [0.2, 0.25) is 0 Å². The van der Waals surface area contributed by atoms with Crippen LogP contribution < -0.4 is 5.32 Å². The van der Waals surface area contributed by atoms with Crippen molar-refractivity contribution in [1.29, 1.82) is 0 Å². The van der Waals surface area contributed by atoms with Crippen LogP contribution in [0.4, 0.5) is 4.79 Å². The largest absolute Gasteiger partial charge is 0.351 e. The summed E-state index contributed by atoms with van der Waals surface area (Å²) in [4.78, 5) is 37.6. The Labute approximate surface area is 145 Å². The lowest BCUT2D eigenvalue weighted by Gasteiger charge is -2.36. The molecule has 5 nitrogen and oxygen atoms in total. The number of amides is 3. The molecule has 0 spiro atoms. The standard InChI is InChI=1S/C16H24N2O3S2/c19-14(9-22-11-5-1-2-6-11)17-12-7-3-4-8-13(12)18-15(20)10-23-16(18)21/h11-13H,1-10H2,(H,17,19)/t12-,13+/m0/s1. The van der Waals surface area contributed by atoms with Gasteiger partial charge < -0.3 is 5.32 Å². The molecule has 0 bridgehead atoms. The lowest BCUT2D eigenvalue weighted by molar-refractivity contribution is -0.128. The molecule has 1 aliphatic heterocycles. The van der Waals surface area contributed by atoms with Gasteiger partial charge in [-0.3, -0.25) is 19.3 Å². The predicted octanol–water partition coefficient (Wildman–Crippen LogP) is 2.79. The van der Waals surface area contributed by atoms with Crippen molar-refractivity contribution in [2.75, 3.05) is 11.5 Å². The van der Waals surface area contributed by atoms with Crippen LogP contribution in [0, 0.1) is 0 Å². The Hall–Kier alpha value is -0.690. The highest BCUT2D eigenvalue weighted by Gasteiger charge is 2.41. The normalized spacial score (nSPS) is 29.3. The summed E-state index contributed by atoms with van der Waals surface area (Å²) in [7, 11) is 0. The van der Waals surface area contributed by atoms with E-state index in [4.69, 9.17) is 0 Å². The van der Waals surface area contributed by atoms with E-state index in [0.29, 0.717) is 11.0 Å². The summed E-state index contributed by atoms with van der Waals surface area (Å²) in [6.45, 7) is 0. The van der Waals surface area contributed by atoms with E-state index in [9.17, 15) is 14.4 Å². The van der Waals surface area contributed by atoms with E-state index in [1.54, 1.807) is 11.8 Å². The molecule has 2 saturated carbocycles. The second-order valence-corrected chi connectivity index (χ2v) is 8.78. The van der Waals surface area contributed by atoms with Gasteiger partial charge in [-0.2, -0.15) is 0 Å². The van der Waals surface area contributed by atoms with Gasteiger partial charge in [-0.1, -0.05) is 37.4 Å². The van der Waals surface area contributed by atoms with Crippen LogP contribution in [0.5, 0.6) is 0 Å². The van der Waals surface area contributed by atoms with Gasteiger partial charge in [0.25, 0.3) is 5.24 Å². The third-order valence-corrected chi connectivity index (χ3v) is 7.15.